The molecule has 0 saturated heterocycles. The first-order valence-corrected chi connectivity index (χ1v) is 6.89. The van der Waals surface area contributed by atoms with E-state index in [1.165, 1.54) is 6.07 Å². The lowest BCUT2D eigenvalue weighted by atomic mass is 10.2. The SMILES string of the molecule is CN1CCn2c(cc3c(OC(N)=O)cc(Cl)c(Cl)c32)C1=O. The summed E-state index contributed by atoms with van der Waals surface area (Å²) in [7, 11) is 1.72. The molecule has 1 aliphatic rings. The fourth-order valence-corrected chi connectivity index (χ4v) is 2.94. The number of aromatic nitrogens is 1. The van der Waals surface area contributed by atoms with Gasteiger partial charge < -0.3 is 19.9 Å². The molecule has 0 fully saturated rings. The Balaban J connectivity index is 2.33. The number of hydrogen-bond donors (Lipinski definition) is 1. The number of nitrogens with zero attached hydrogens (tertiary/aromatic N) is 2. The molecule has 1 aliphatic heterocycles. The van der Waals surface area contributed by atoms with E-state index in [1.807, 2.05) is 0 Å². The summed E-state index contributed by atoms with van der Waals surface area (Å²) in [5, 5.41) is 1.07. The molecule has 2 heterocycles. The highest BCUT2D eigenvalue weighted by molar-refractivity contribution is 6.45. The number of ether oxygens (including phenoxy) is 1. The van der Waals surface area contributed by atoms with Crippen LogP contribution in [0.15, 0.2) is 12.1 Å². The van der Waals surface area contributed by atoms with Crippen LogP contribution in [0.1, 0.15) is 10.5 Å². The van der Waals surface area contributed by atoms with E-state index in [9.17, 15) is 9.59 Å². The Morgan fingerprint density at radius 2 is 2.05 bits per heavy atom. The van der Waals surface area contributed by atoms with Gasteiger partial charge in [-0.2, -0.15) is 0 Å². The topological polar surface area (TPSA) is 77.6 Å². The number of nitrogens with two attached hydrogens (primary N) is 1. The van der Waals surface area contributed by atoms with E-state index >= 15 is 0 Å². The van der Waals surface area contributed by atoms with Gasteiger partial charge in [0.15, 0.2) is 0 Å². The standard InChI is InChI=1S/C13H11Cl2N3O3/c1-17-2-3-18-8(12(17)19)4-6-9(21-13(16)20)5-7(14)10(15)11(6)18/h4-5H,2-3H2,1H3,(H2,16,20). The molecule has 0 unspecified atom stereocenters. The second-order valence-electron chi connectivity index (χ2n) is 4.76. The van der Waals surface area contributed by atoms with Gasteiger partial charge in [-0.1, -0.05) is 23.2 Å². The third-order valence-corrected chi connectivity index (χ3v) is 4.25. The number of primary amides is 1. The Kier molecular flexibility index (Phi) is 3.22. The highest BCUT2D eigenvalue weighted by atomic mass is 35.5. The Morgan fingerprint density at radius 3 is 2.71 bits per heavy atom. The van der Waals surface area contributed by atoms with Crippen molar-refractivity contribution in [2.75, 3.05) is 13.6 Å². The van der Waals surface area contributed by atoms with Crippen LogP contribution in [0.3, 0.4) is 0 Å². The van der Waals surface area contributed by atoms with Crippen LogP contribution in [0.2, 0.25) is 10.0 Å². The van der Waals surface area contributed by atoms with Gasteiger partial charge in [-0.05, 0) is 6.07 Å². The highest BCUT2D eigenvalue weighted by Crippen LogP contribution is 2.40. The van der Waals surface area contributed by atoms with Gasteiger partial charge in [-0.3, -0.25) is 4.79 Å². The van der Waals surface area contributed by atoms with E-state index in [4.69, 9.17) is 33.7 Å². The van der Waals surface area contributed by atoms with Crippen molar-refractivity contribution in [3.8, 4) is 5.75 Å². The van der Waals surface area contributed by atoms with Crippen molar-refractivity contribution in [1.29, 1.82) is 0 Å². The van der Waals surface area contributed by atoms with Crippen LogP contribution in [0.5, 0.6) is 5.75 Å². The average molecular weight is 328 g/mol. The van der Waals surface area contributed by atoms with E-state index in [0.717, 1.165) is 0 Å². The van der Waals surface area contributed by atoms with Crippen molar-refractivity contribution in [2.24, 2.45) is 5.73 Å². The van der Waals surface area contributed by atoms with Crippen molar-refractivity contribution >= 4 is 46.1 Å². The summed E-state index contributed by atoms with van der Waals surface area (Å²) in [4.78, 5) is 24.8. The van der Waals surface area contributed by atoms with Gasteiger partial charge in [0, 0.05) is 31.6 Å². The van der Waals surface area contributed by atoms with Crippen molar-refractivity contribution in [3.05, 3.63) is 27.9 Å². The molecule has 110 valence electrons. The Bertz CT molecular complexity index is 785. The first-order chi connectivity index (χ1) is 9.90. The molecule has 2 aromatic rings. The molecule has 8 heteroatoms. The summed E-state index contributed by atoms with van der Waals surface area (Å²) in [5.41, 5.74) is 6.09. The zero-order valence-electron chi connectivity index (χ0n) is 11.0. The minimum Gasteiger partial charge on any atom is -0.410 e. The van der Waals surface area contributed by atoms with Crippen molar-refractivity contribution in [2.45, 2.75) is 6.54 Å². The van der Waals surface area contributed by atoms with Crippen molar-refractivity contribution < 1.29 is 14.3 Å². The number of hydrogen-bond acceptors (Lipinski definition) is 3. The van der Waals surface area contributed by atoms with Gasteiger partial charge in [-0.25, -0.2) is 4.79 Å². The Hall–Kier alpha value is -1.92. The first-order valence-electron chi connectivity index (χ1n) is 6.14. The number of likely N-dealkylation sites (N-methyl/N-ethyl adjacent to an activating group) is 1. The molecule has 1 aromatic carbocycles. The van der Waals surface area contributed by atoms with E-state index in [0.29, 0.717) is 34.7 Å². The number of carbonyl (C=O) groups excluding carboxylic acids is 2. The van der Waals surface area contributed by atoms with Crippen LogP contribution in [0, 0.1) is 0 Å². The fraction of sp³-hybridized carbons (Fsp3) is 0.231. The summed E-state index contributed by atoms with van der Waals surface area (Å²) in [6, 6.07) is 3.05. The molecule has 3 rings (SSSR count). The first kappa shape index (κ1) is 14.0. The molecule has 1 aromatic heterocycles. The van der Waals surface area contributed by atoms with E-state index in [2.05, 4.69) is 0 Å². The number of fused-ring (bicyclic) bond motifs is 3. The number of carbonyl (C=O) groups is 2. The summed E-state index contributed by atoms with van der Waals surface area (Å²) < 4.78 is 6.74. The van der Waals surface area contributed by atoms with E-state index in [-0.39, 0.29) is 16.7 Å². The summed E-state index contributed by atoms with van der Waals surface area (Å²) >= 11 is 12.3. The van der Waals surface area contributed by atoms with E-state index < -0.39 is 6.09 Å². The van der Waals surface area contributed by atoms with Gasteiger partial charge in [0.25, 0.3) is 5.91 Å². The van der Waals surface area contributed by atoms with Gasteiger partial charge in [0.2, 0.25) is 0 Å². The Morgan fingerprint density at radius 1 is 1.33 bits per heavy atom. The smallest absolute Gasteiger partial charge is 0.409 e. The maximum absolute atomic E-state index is 12.2. The number of benzene rings is 1. The summed E-state index contributed by atoms with van der Waals surface area (Å²) in [5.74, 6) is 0.0546. The van der Waals surface area contributed by atoms with Crippen LogP contribution >= 0.6 is 23.2 Å². The molecule has 0 saturated carbocycles. The zero-order valence-corrected chi connectivity index (χ0v) is 12.5. The van der Waals surface area contributed by atoms with Crippen LogP contribution in [0.25, 0.3) is 10.9 Å². The van der Waals surface area contributed by atoms with E-state index in [1.54, 1.807) is 22.6 Å². The molecular formula is C13H11Cl2N3O3. The molecule has 6 nitrogen and oxygen atoms in total. The van der Waals surface area contributed by atoms with Crippen LogP contribution < -0.4 is 10.5 Å². The highest BCUT2D eigenvalue weighted by Gasteiger charge is 2.27. The molecule has 0 radical (unpaired) electrons. The molecule has 21 heavy (non-hydrogen) atoms. The van der Waals surface area contributed by atoms with Crippen LogP contribution in [-0.4, -0.2) is 35.1 Å². The predicted molar refractivity (Wildman–Crippen MR) is 79.1 cm³/mol. The molecule has 2 amide bonds. The Labute approximate surface area is 129 Å². The van der Waals surface area contributed by atoms with Crippen molar-refractivity contribution in [3.63, 3.8) is 0 Å². The third kappa shape index (κ3) is 2.11. The maximum atomic E-state index is 12.2. The summed E-state index contributed by atoms with van der Waals surface area (Å²) in [6.45, 7) is 1.14. The largest absolute Gasteiger partial charge is 0.410 e. The quantitative estimate of drug-likeness (QED) is 0.874. The average Bonchev–Trinajstić information content (AvgIpc) is 2.80. The molecule has 2 N–H and O–H groups in total. The third-order valence-electron chi connectivity index (χ3n) is 3.47. The normalized spacial score (nSPS) is 14.4. The minimum atomic E-state index is -0.956. The molecule has 0 aliphatic carbocycles. The zero-order chi connectivity index (χ0) is 15.3. The number of halogens is 2. The molecule has 0 bridgehead atoms. The van der Waals surface area contributed by atoms with Gasteiger partial charge in [0.05, 0.1) is 15.6 Å². The second kappa shape index (κ2) is 4.82. The molecular weight excluding hydrogens is 317 g/mol. The monoisotopic (exact) mass is 327 g/mol. The van der Waals surface area contributed by atoms with Crippen LogP contribution in [-0.2, 0) is 6.54 Å². The van der Waals surface area contributed by atoms with Crippen LogP contribution in [0.4, 0.5) is 4.79 Å². The maximum Gasteiger partial charge on any atom is 0.409 e. The molecule has 0 spiro atoms. The fourth-order valence-electron chi connectivity index (χ4n) is 2.49. The lowest BCUT2D eigenvalue weighted by molar-refractivity contribution is 0.0751. The second-order valence-corrected chi connectivity index (χ2v) is 5.55. The minimum absolute atomic E-state index is 0.130. The number of amides is 2. The lowest BCUT2D eigenvalue weighted by Crippen LogP contribution is -2.36. The number of rotatable bonds is 1. The van der Waals surface area contributed by atoms with Crippen molar-refractivity contribution in [1.82, 2.24) is 9.47 Å². The van der Waals surface area contributed by atoms with Gasteiger partial charge in [-0.15, -0.1) is 0 Å². The predicted octanol–water partition coefficient (Wildman–Crippen LogP) is 2.49. The van der Waals surface area contributed by atoms with Gasteiger partial charge >= 0.3 is 6.09 Å². The van der Waals surface area contributed by atoms with Gasteiger partial charge in [0.1, 0.15) is 11.4 Å². The molecule has 0 atom stereocenters. The lowest BCUT2D eigenvalue weighted by Gasteiger charge is -2.25. The summed E-state index contributed by atoms with van der Waals surface area (Å²) in [6.07, 6.45) is -0.956.